The summed E-state index contributed by atoms with van der Waals surface area (Å²) >= 11 is 11.0. The number of nitriles is 1. The van der Waals surface area contributed by atoms with Crippen molar-refractivity contribution in [3.05, 3.63) is 28.8 Å². The van der Waals surface area contributed by atoms with Gasteiger partial charge < -0.3 is 5.32 Å². The van der Waals surface area contributed by atoms with Crippen LogP contribution >= 0.6 is 23.8 Å². The molecule has 90 valence electrons. The monoisotopic (exact) mass is 268 g/mol. The molecule has 0 aliphatic rings. The summed E-state index contributed by atoms with van der Waals surface area (Å²) in [4.78, 5) is 0. The molecule has 0 aromatic heterocycles. The fourth-order valence-electron chi connectivity index (χ4n) is 1.23. The minimum atomic E-state index is 0.331. The van der Waals surface area contributed by atoms with Gasteiger partial charge in [0.25, 0.3) is 0 Å². The van der Waals surface area contributed by atoms with Gasteiger partial charge in [-0.3, -0.25) is 5.01 Å². The maximum absolute atomic E-state index is 8.45. The number of halogens is 1. The third kappa shape index (κ3) is 4.19. The molecule has 0 radical (unpaired) electrons. The van der Waals surface area contributed by atoms with E-state index in [1.165, 1.54) is 5.01 Å². The standard InChI is InChI=1S/C11H13ClN4S/c1-8-7-9(12)3-4-10(8)15-11(17)16(14)6-2-5-13/h3-4,7H,2,6,14H2,1H3,(H,15,17). The van der Waals surface area contributed by atoms with Crippen LogP contribution in [0.25, 0.3) is 0 Å². The van der Waals surface area contributed by atoms with Crippen LogP contribution in [0.2, 0.25) is 5.02 Å². The summed E-state index contributed by atoms with van der Waals surface area (Å²) in [7, 11) is 0. The Hall–Kier alpha value is -1.35. The van der Waals surface area contributed by atoms with Crippen LogP contribution in [-0.4, -0.2) is 16.7 Å². The number of nitrogens with one attached hydrogen (secondary N) is 1. The van der Waals surface area contributed by atoms with Gasteiger partial charge in [-0.05, 0) is 42.9 Å². The van der Waals surface area contributed by atoms with E-state index in [0.717, 1.165) is 11.3 Å². The minimum Gasteiger partial charge on any atom is -0.331 e. The second kappa shape index (κ2) is 6.40. The number of hydrogen-bond donors (Lipinski definition) is 2. The number of benzene rings is 1. The van der Waals surface area contributed by atoms with E-state index in [-0.39, 0.29) is 0 Å². The molecule has 0 fully saturated rings. The van der Waals surface area contributed by atoms with Crippen molar-refractivity contribution in [3.63, 3.8) is 0 Å². The van der Waals surface area contributed by atoms with Crippen molar-refractivity contribution in [1.82, 2.24) is 5.01 Å². The molecule has 0 atom stereocenters. The van der Waals surface area contributed by atoms with E-state index in [1.807, 2.05) is 25.1 Å². The molecule has 3 N–H and O–H groups in total. The van der Waals surface area contributed by atoms with Crippen molar-refractivity contribution >= 4 is 34.6 Å². The Bertz CT molecular complexity index is 455. The van der Waals surface area contributed by atoms with Gasteiger partial charge in [-0.15, -0.1) is 0 Å². The van der Waals surface area contributed by atoms with Crippen LogP contribution in [-0.2, 0) is 0 Å². The van der Waals surface area contributed by atoms with E-state index in [2.05, 4.69) is 5.32 Å². The van der Waals surface area contributed by atoms with Crippen molar-refractivity contribution in [2.24, 2.45) is 5.84 Å². The molecular weight excluding hydrogens is 256 g/mol. The molecule has 0 saturated carbocycles. The lowest BCUT2D eigenvalue weighted by molar-refractivity contribution is 0.457. The molecule has 0 heterocycles. The van der Waals surface area contributed by atoms with E-state index in [1.54, 1.807) is 6.07 Å². The largest absolute Gasteiger partial charge is 0.331 e. The Morgan fingerprint density at radius 2 is 2.35 bits per heavy atom. The summed E-state index contributed by atoms with van der Waals surface area (Å²) in [6.45, 7) is 2.32. The van der Waals surface area contributed by atoms with Crippen LogP contribution in [0.1, 0.15) is 12.0 Å². The number of hydrogen-bond acceptors (Lipinski definition) is 3. The number of thiocarbonyl (C=S) groups is 1. The number of aryl methyl sites for hydroxylation is 1. The average Bonchev–Trinajstić information content (AvgIpc) is 2.29. The summed E-state index contributed by atoms with van der Waals surface area (Å²) in [5, 5.41) is 13.9. The van der Waals surface area contributed by atoms with E-state index in [0.29, 0.717) is 23.1 Å². The first-order chi connectivity index (χ1) is 8.04. The summed E-state index contributed by atoms with van der Waals surface area (Å²) < 4.78 is 0. The van der Waals surface area contributed by atoms with Crippen molar-refractivity contribution < 1.29 is 0 Å². The molecule has 4 nitrogen and oxygen atoms in total. The van der Waals surface area contributed by atoms with E-state index in [9.17, 15) is 0 Å². The van der Waals surface area contributed by atoms with Crippen LogP contribution in [0.3, 0.4) is 0 Å². The van der Waals surface area contributed by atoms with Crippen LogP contribution in [0.4, 0.5) is 5.69 Å². The molecule has 0 aliphatic carbocycles. The fourth-order valence-corrected chi connectivity index (χ4v) is 1.65. The Morgan fingerprint density at radius 1 is 1.65 bits per heavy atom. The molecule has 6 heteroatoms. The highest BCUT2D eigenvalue weighted by atomic mass is 35.5. The lowest BCUT2D eigenvalue weighted by Crippen LogP contribution is -2.41. The van der Waals surface area contributed by atoms with Crippen molar-refractivity contribution in [3.8, 4) is 6.07 Å². The van der Waals surface area contributed by atoms with Gasteiger partial charge >= 0.3 is 0 Å². The molecule has 17 heavy (non-hydrogen) atoms. The van der Waals surface area contributed by atoms with Gasteiger partial charge in [0.15, 0.2) is 5.11 Å². The maximum Gasteiger partial charge on any atom is 0.187 e. The molecule has 0 unspecified atom stereocenters. The van der Waals surface area contributed by atoms with Gasteiger partial charge in [-0.1, -0.05) is 11.6 Å². The minimum absolute atomic E-state index is 0.331. The average molecular weight is 269 g/mol. The Labute approximate surface area is 111 Å². The Morgan fingerprint density at radius 3 is 2.94 bits per heavy atom. The van der Waals surface area contributed by atoms with Gasteiger partial charge in [0, 0.05) is 17.3 Å². The fraction of sp³-hybridized carbons (Fsp3) is 0.273. The molecule has 0 saturated heterocycles. The third-order valence-electron chi connectivity index (χ3n) is 2.16. The number of nitrogens with zero attached hydrogens (tertiary/aromatic N) is 2. The first kappa shape index (κ1) is 13.7. The second-order valence-electron chi connectivity index (χ2n) is 3.49. The normalized spacial score (nSPS) is 9.53. The highest BCUT2D eigenvalue weighted by Gasteiger charge is 2.06. The van der Waals surface area contributed by atoms with Gasteiger partial charge in [-0.25, -0.2) is 5.84 Å². The van der Waals surface area contributed by atoms with Crippen LogP contribution < -0.4 is 11.2 Å². The number of nitrogens with two attached hydrogens (primary N) is 1. The smallest absolute Gasteiger partial charge is 0.187 e. The lowest BCUT2D eigenvalue weighted by atomic mass is 10.2. The summed E-state index contributed by atoms with van der Waals surface area (Å²) in [5.74, 6) is 5.68. The Balaban J connectivity index is 2.65. The predicted octanol–water partition coefficient (Wildman–Crippen LogP) is 2.43. The zero-order valence-corrected chi connectivity index (χ0v) is 11.0. The molecule has 0 aliphatic heterocycles. The van der Waals surface area contributed by atoms with Crippen LogP contribution in [0, 0.1) is 18.3 Å². The topological polar surface area (TPSA) is 65.1 Å². The molecular formula is C11H13ClN4S. The van der Waals surface area contributed by atoms with Crippen molar-refractivity contribution in [1.29, 1.82) is 5.26 Å². The summed E-state index contributed by atoms with van der Waals surface area (Å²) in [5.41, 5.74) is 1.83. The van der Waals surface area contributed by atoms with E-state index < -0.39 is 0 Å². The lowest BCUT2D eigenvalue weighted by Gasteiger charge is -2.20. The first-order valence-electron chi connectivity index (χ1n) is 5.01. The van der Waals surface area contributed by atoms with Crippen LogP contribution in [0.5, 0.6) is 0 Å². The van der Waals surface area contributed by atoms with Crippen molar-refractivity contribution in [2.45, 2.75) is 13.3 Å². The second-order valence-corrected chi connectivity index (χ2v) is 4.31. The number of anilines is 1. The summed E-state index contributed by atoms with van der Waals surface area (Å²) in [6.07, 6.45) is 0.331. The molecule has 1 aromatic rings. The SMILES string of the molecule is Cc1cc(Cl)ccc1NC(=S)N(N)CCC#N. The van der Waals surface area contributed by atoms with Crippen LogP contribution in [0.15, 0.2) is 18.2 Å². The highest BCUT2D eigenvalue weighted by molar-refractivity contribution is 7.80. The van der Waals surface area contributed by atoms with Gasteiger partial charge in [-0.2, -0.15) is 5.26 Å². The molecule has 1 aromatic carbocycles. The first-order valence-corrected chi connectivity index (χ1v) is 5.79. The highest BCUT2D eigenvalue weighted by Crippen LogP contribution is 2.19. The van der Waals surface area contributed by atoms with E-state index in [4.69, 9.17) is 34.9 Å². The van der Waals surface area contributed by atoms with Gasteiger partial charge in [0.2, 0.25) is 0 Å². The third-order valence-corrected chi connectivity index (χ3v) is 2.73. The number of rotatable bonds is 3. The van der Waals surface area contributed by atoms with Gasteiger partial charge in [0.05, 0.1) is 12.5 Å². The predicted molar refractivity (Wildman–Crippen MR) is 73.5 cm³/mol. The van der Waals surface area contributed by atoms with Crippen molar-refractivity contribution in [2.75, 3.05) is 11.9 Å². The summed E-state index contributed by atoms with van der Waals surface area (Å²) in [6, 6.07) is 7.45. The zero-order valence-electron chi connectivity index (χ0n) is 9.40. The quantitative estimate of drug-likeness (QED) is 0.501. The Kier molecular flexibility index (Phi) is 5.16. The maximum atomic E-state index is 8.45. The number of hydrazine groups is 1. The van der Waals surface area contributed by atoms with E-state index >= 15 is 0 Å². The molecule has 1 rings (SSSR count). The molecule has 0 bridgehead atoms. The molecule has 0 spiro atoms. The zero-order chi connectivity index (χ0) is 12.8. The molecule has 0 amide bonds. The van der Waals surface area contributed by atoms with Gasteiger partial charge in [0.1, 0.15) is 0 Å².